The lowest BCUT2D eigenvalue weighted by atomic mass is 9.94. The number of fused-ring (bicyclic) bond motifs is 3. The smallest absolute Gasteiger partial charge is 0.380 e. The zero-order valence-electron chi connectivity index (χ0n) is 47.7. The molecule has 3 N–H and O–H groups in total. The van der Waals surface area contributed by atoms with Crippen LogP contribution in [0.4, 0.5) is 61.0 Å². The summed E-state index contributed by atoms with van der Waals surface area (Å²) in [6.45, 7) is 29.4. The van der Waals surface area contributed by atoms with Crippen molar-refractivity contribution in [1.82, 2.24) is 29.3 Å². The van der Waals surface area contributed by atoms with E-state index in [-0.39, 0.29) is 49.1 Å². The molecular formula is C64H57F10N9O6. The fourth-order valence-electron chi connectivity index (χ4n) is 9.41. The Morgan fingerprint density at radius 1 is 0.506 bits per heavy atom. The van der Waals surface area contributed by atoms with Gasteiger partial charge in [0.15, 0.2) is 34.4 Å². The lowest BCUT2D eigenvalue weighted by molar-refractivity contribution is -0.138. The summed E-state index contributed by atoms with van der Waals surface area (Å²) in [6, 6.07) is 25.3. The van der Waals surface area contributed by atoms with Gasteiger partial charge in [0, 0.05) is 36.2 Å². The first-order valence-corrected chi connectivity index (χ1v) is 26.4. The molecule has 0 spiro atoms. The van der Waals surface area contributed by atoms with Crippen LogP contribution < -0.4 is 0 Å². The Morgan fingerprint density at radius 3 is 1.34 bits per heavy atom. The molecule has 464 valence electrons. The van der Waals surface area contributed by atoms with Crippen LogP contribution in [0.5, 0.6) is 0 Å². The van der Waals surface area contributed by atoms with Crippen LogP contribution >= 0.6 is 0 Å². The Morgan fingerprint density at radius 2 is 0.910 bits per heavy atom. The molecule has 89 heavy (non-hydrogen) atoms. The summed E-state index contributed by atoms with van der Waals surface area (Å²) in [7, 11) is 0. The fourth-order valence-corrected chi connectivity index (χ4v) is 9.41. The summed E-state index contributed by atoms with van der Waals surface area (Å²) in [5.41, 5.74) is -5.79. The molecule has 0 aliphatic rings. The van der Waals surface area contributed by atoms with Gasteiger partial charge < -0.3 is 15.3 Å². The number of carbonyl (C=O) groups excluding carboxylic acids is 3. The Balaban J connectivity index is 0.000000212. The number of carbonyl (C=O) groups is 3. The van der Waals surface area contributed by atoms with Crippen LogP contribution in [0.25, 0.3) is 47.2 Å². The van der Waals surface area contributed by atoms with E-state index in [1.165, 1.54) is 48.3 Å². The van der Waals surface area contributed by atoms with Gasteiger partial charge in [-0.05, 0) is 93.6 Å². The van der Waals surface area contributed by atoms with Crippen molar-refractivity contribution < 1.29 is 73.6 Å². The maximum atomic E-state index is 14.1. The summed E-state index contributed by atoms with van der Waals surface area (Å²) in [6.07, 6.45) is -12.1. The third-order valence-corrected chi connectivity index (χ3v) is 14.3. The van der Waals surface area contributed by atoms with E-state index >= 15 is 0 Å². The van der Waals surface area contributed by atoms with Crippen molar-refractivity contribution in [2.24, 2.45) is 0 Å². The van der Waals surface area contributed by atoms with Gasteiger partial charge >= 0.3 is 18.5 Å². The molecule has 0 unspecified atom stereocenters. The molecule has 0 aliphatic heterocycles. The number of benzene rings is 6. The second-order valence-electron chi connectivity index (χ2n) is 21.6. The molecule has 9 rings (SSSR count). The van der Waals surface area contributed by atoms with E-state index in [1.807, 2.05) is 50.2 Å². The largest absolute Gasteiger partial charge is 0.407 e. The number of hydrogen-bond donors (Lipinski definition) is 3. The zero-order chi connectivity index (χ0) is 65.1. The normalized spacial score (nSPS) is 13.7. The number of rotatable bonds is 15. The van der Waals surface area contributed by atoms with E-state index in [0.717, 1.165) is 79.6 Å². The number of alkyl halides is 9. The van der Waals surface area contributed by atoms with Gasteiger partial charge in [-0.1, -0.05) is 97.9 Å². The minimum atomic E-state index is -4.74. The minimum absolute atomic E-state index is 0. The van der Waals surface area contributed by atoms with Crippen LogP contribution in [-0.2, 0) is 71.8 Å². The SMILES string of the molecule is C.[C-]#[N+]c1ccc(CC(=O)[C@@](C)(O)Cn2cc3c(C)cccc3n2)cc1C(F)(F)F.[C-]#[N+]c1ccc(CC(=O)[C@@](C)(O)Cn2nc(F)c3cc(C)ccc32)cc1C(F)(F)F.[C-]#[N+]c1ccc(CC(=O)[C@@](C)(O)Cn2ncc3c(C)cccc32)cc1C(F)(F)F. The Labute approximate surface area is 503 Å². The van der Waals surface area contributed by atoms with Crippen molar-refractivity contribution in [1.29, 1.82) is 0 Å². The van der Waals surface area contributed by atoms with E-state index in [9.17, 15) is 73.6 Å². The summed E-state index contributed by atoms with van der Waals surface area (Å²) < 4.78 is 136. The highest BCUT2D eigenvalue weighted by Gasteiger charge is 2.39. The van der Waals surface area contributed by atoms with E-state index in [4.69, 9.17) is 19.7 Å². The average molecular weight is 1240 g/mol. The summed E-state index contributed by atoms with van der Waals surface area (Å²) >= 11 is 0. The van der Waals surface area contributed by atoms with Crippen molar-refractivity contribution in [3.05, 3.63) is 212 Å². The number of hydrogen-bond acceptors (Lipinski definition) is 9. The second kappa shape index (κ2) is 26.4. The lowest BCUT2D eigenvalue weighted by Crippen LogP contribution is -2.41. The lowest BCUT2D eigenvalue weighted by Gasteiger charge is -2.22. The quantitative estimate of drug-likeness (QED) is 0.0665. The van der Waals surface area contributed by atoms with Gasteiger partial charge in [-0.25, -0.2) is 14.5 Å². The van der Waals surface area contributed by atoms with Gasteiger partial charge in [0.2, 0.25) is 5.95 Å². The number of ketones is 3. The van der Waals surface area contributed by atoms with Crippen molar-refractivity contribution in [2.45, 2.75) is 123 Å². The highest BCUT2D eigenvalue weighted by atomic mass is 19.4. The molecule has 25 heteroatoms. The van der Waals surface area contributed by atoms with Crippen LogP contribution in [0.15, 0.2) is 122 Å². The van der Waals surface area contributed by atoms with Gasteiger partial charge in [-0.3, -0.25) is 28.4 Å². The molecule has 3 heterocycles. The van der Waals surface area contributed by atoms with Gasteiger partial charge in [-0.15, -0.1) is 5.10 Å². The van der Waals surface area contributed by atoms with Gasteiger partial charge in [0.1, 0.15) is 16.8 Å². The van der Waals surface area contributed by atoms with E-state index in [0.29, 0.717) is 5.52 Å². The Hall–Kier alpha value is -9.61. The van der Waals surface area contributed by atoms with E-state index in [2.05, 4.69) is 29.8 Å². The van der Waals surface area contributed by atoms with Gasteiger partial charge in [-0.2, -0.15) is 54.1 Å². The fraction of sp³-hybridized carbons (Fsp3) is 0.297. The Bertz CT molecular complexity index is 4270. The molecule has 0 aliphatic carbocycles. The third-order valence-electron chi connectivity index (χ3n) is 14.3. The summed E-state index contributed by atoms with van der Waals surface area (Å²) in [5.74, 6) is -2.79. The van der Waals surface area contributed by atoms with Crippen molar-refractivity contribution in [2.75, 3.05) is 0 Å². The van der Waals surface area contributed by atoms with Crippen molar-refractivity contribution >= 4 is 67.1 Å². The molecule has 0 radical (unpaired) electrons. The first-order valence-electron chi connectivity index (χ1n) is 26.4. The van der Waals surface area contributed by atoms with Crippen LogP contribution in [0.1, 0.15) is 78.3 Å². The molecule has 0 fully saturated rings. The predicted molar refractivity (Wildman–Crippen MR) is 311 cm³/mol. The molecule has 6 aromatic carbocycles. The summed E-state index contributed by atoms with van der Waals surface area (Å²) in [5, 5.41) is 46.3. The zero-order valence-corrected chi connectivity index (χ0v) is 47.7. The molecule has 3 aromatic heterocycles. The van der Waals surface area contributed by atoms with Crippen LogP contribution in [0, 0.1) is 46.4 Å². The van der Waals surface area contributed by atoms with Crippen LogP contribution in [0.2, 0.25) is 0 Å². The van der Waals surface area contributed by atoms with Crippen LogP contribution in [-0.4, -0.2) is 78.8 Å². The number of aryl methyl sites for hydroxylation is 3. The predicted octanol–water partition coefficient (Wildman–Crippen LogP) is 14.2. The number of Topliss-reactive ketones (excluding diaryl/α,β-unsaturated/α-hetero) is 3. The maximum absolute atomic E-state index is 14.1. The van der Waals surface area contributed by atoms with E-state index < -0.39 is 112 Å². The minimum Gasteiger partial charge on any atom is -0.380 e. The topological polar surface area (TPSA) is 178 Å². The molecular weight excluding hydrogens is 1180 g/mol. The highest BCUT2D eigenvalue weighted by molar-refractivity contribution is 5.91. The number of halogens is 10. The Kier molecular flexibility index (Phi) is 20.3. The number of aliphatic hydroxyl groups is 3. The first-order chi connectivity index (χ1) is 41.0. The second-order valence-corrected chi connectivity index (χ2v) is 21.6. The molecule has 0 saturated carbocycles. The van der Waals surface area contributed by atoms with Crippen molar-refractivity contribution in [3.63, 3.8) is 0 Å². The molecule has 3 atom stereocenters. The highest BCUT2D eigenvalue weighted by Crippen LogP contribution is 2.40. The molecule has 0 saturated heterocycles. The first kappa shape index (κ1) is 68.5. The van der Waals surface area contributed by atoms with E-state index in [1.54, 1.807) is 37.5 Å². The molecule has 0 amide bonds. The maximum Gasteiger partial charge on any atom is 0.407 e. The molecule has 0 bridgehead atoms. The number of nitrogens with zero attached hydrogens (tertiary/aromatic N) is 9. The molecule has 15 nitrogen and oxygen atoms in total. The number of aromatic nitrogens is 6. The van der Waals surface area contributed by atoms with Gasteiger partial charge in [0.25, 0.3) is 0 Å². The third kappa shape index (κ3) is 16.1. The standard InChI is InChI=1S/C21H17F4N3O2.2C21H18F3N3O2.CH4/c1-12-4-7-17-14(8-12)19(22)27-28(17)11-20(2,30)18(29)10-13-5-6-16(26-3)15(9-13)21(23,24)25;1-13-5-4-6-18-15(13)11-26-27(18)12-20(2,29)19(28)10-14-7-8-17(25-3)16(9-14)21(22,23)24;1-13-5-4-6-17-15(13)11-27(26-17)12-20(2,29)19(28)10-14-7-8-18(25-3)16(9-14)21(22,23)24;/h4-9,30H,10-11H2,1-2H3;2*4-9,11,29H,10,12H2,1-2H3;1H4/t3*20-;/m000./s1. The monoisotopic (exact) mass is 1240 g/mol. The average Bonchev–Trinajstić information content (AvgIpc) is 2.33. The van der Waals surface area contributed by atoms with Crippen molar-refractivity contribution in [3.8, 4) is 0 Å². The van der Waals surface area contributed by atoms with Crippen LogP contribution in [0.3, 0.4) is 0 Å². The van der Waals surface area contributed by atoms with Gasteiger partial charge in [0.05, 0.1) is 84.2 Å². The molecule has 9 aromatic rings. The summed E-state index contributed by atoms with van der Waals surface area (Å²) in [4.78, 5) is 46.5.